The minimum atomic E-state index is -1.13. The van der Waals surface area contributed by atoms with Gasteiger partial charge in [0.25, 0.3) is 0 Å². The Morgan fingerprint density at radius 3 is 2.45 bits per heavy atom. The molecule has 3 aliphatic carbocycles. The predicted octanol–water partition coefficient (Wildman–Crippen LogP) is 3.53. The Kier molecular flexibility index (Phi) is 6.23. The molecular formula is C23H27ClFN3O3. The normalized spacial score (nSPS) is 32.0. The molecule has 1 amide bonds. The van der Waals surface area contributed by atoms with E-state index < -0.39 is 17.6 Å². The lowest BCUT2D eigenvalue weighted by Gasteiger charge is -2.52. The summed E-state index contributed by atoms with van der Waals surface area (Å²) >= 11 is 5.89. The fourth-order valence-corrected chi connectivity index (χ4v) is 5.31. The average molecular weight is 448 g/mol. The summed E-state index contributed by atoms with van der Waals surface area (Å²) in [6, 6.07) is 8.60. The predicted molar refractivity (Wildman–Crippen MR) is 113 cm³/mol. The van der Waals surface area contributed by atoms with Crippen LogP contribution in [0.15, 0.2) is 24.3 Å². The number of halogens is 2. The first-order valence-corrected chi connectivity index (χ1v) is 11.2. The Hall–Kier alpha value is -2.17. The maximum absolute atomic E-state index is 13.6. The number of esters is 1. The quantitative estimate of drug-likeness (QED) is 0.674. The van der Waals surface area contributed by atoms with Gasteiger partial charge in [-0.2, -0.15) is 5.26 Å². The zero-order chi connectivity index (χ0) is 22.1. The molecule has 0 radical (unpaired) electrons. The number of hydrogen-bond donors (Lipinski definition) is 1. The second-order valence-electron chi connectivity index (χ2n) is 9.14. The fraction of sp³-hybridized carbons (Fsp3) is 0.609. The molecule has 1 unspecified atom stereocenters. The van der Waals surface area contributed by atoms with Gasteiger partial charge in [0, 0.05) is 17.0 Å². The van der Waals surface area contributed by atoms with E-state index in [-0.39, 0.29) is 43.5 Å². The van der Waals surface area contributed by atoms with Crippen molar-refractivity contribution in [3.8, 4) is 6.07 Å². The van der Waals surface area contributed by atoms with Crippen LogP contribution in [0.4, 0.5) is 4.39 Å². The summed E-state index contributed by atoms with van der Waals surface area (Å²) in [5.41, 5.74) is 0.288. The number of carbonyl (C=O) groups is 2. The Labute approximate surface area is 186 Å². The van der Waals surface area contributed by atoms with Crippen molar-refractivity contribution in [3.63, 3.8) is 0 Å². The molecule has 4 aliphatic rings. The number of hydrogen-bond acceptors (Lipinski definition) is 5. The van der Waals surface area contributed by atoms with Crippen LogP contribution in [0, 0.1) is 16.7 Å². The highest BCUT2D eigenvalue weighted by atomic mass is 35.5. The summed E-state index contributed by atoms with van der Waals surface area (Å²) in [6.07, 6.45) is 3.53. The highest BCUT2D eigenvalue weighted by Gasteiger charge is 2.53. The lowest BCUT2D eigenvalue weighted by molar-refractivity contribution is -0.165. The van der Waals surface area contributed by atoms with Crippen LogP contribution in [0.1, 0.15) is 50.5 Å². The van der Waals surface area contributed by atoms with Crippen LogP contribution in [-0.4, -0.2) is 47.6 Å². The van der Waals surface area contributed by atoms with Crippen molar-refractivity contribution < 1.29 is 18.7 Å². The number of alkyl halides is 1. The standard InChI is InChI=1S/C23H27ClFN3O3/c24-17-3-1-16(2-4-17)15-31-21(30)22-5-8-23(9-6-22,10-7-22)27-13-20(29)28-14-18(25)11-19(28)12-26/h1-4,18-19,27H,5-11,13-15H2/t18-,19?,22?,23?/m0/s1. The maximum Gasteiger partial charge on any atom is 0.312 e. The van der Waals surface area contributed by atoms with E-state index in [1.165, 1.54) is 4.90 Å². The minimum Gasteiger partial charge on any atom is -0.460 e. The molecule has 1 aromatic carbocycles. The lowest BCUT2D eigenvalue weighted by atomic mass is 9.57. The molecule has 31 heavy (non-hydrogen) atoms. The Morgan fingerprint density at radius 1 is 1.19 bits per heavy atom. The van der Waals surface area contributed by atoms with Crippen molar-refractivity contribution in [2.24, 2.45) is 5.41 Å². The molecule has 1 saturated heterocycles. The molecule has 0 spiro atoms. The van der Waals surface area contributed by atoms with Crippen molar-refractivity contribution in [2.75, 3.05) is 13.1 Å². The topological polar surface area (TPSA) is 82.4 Å². The van der Waals surface area contributed by atoms with Crippen LogP contribution in [-0.2, 0) is 20.9 Å². The van der Waals surface area contributed by atoms with Crippen molar-refractivity contribution in [1.82, 2.24) is 10.2 Å². The monoisotopic (exact) mass is 447 g/mol. The number of benzene rings is 1. The van der Waals surface area contributed by atoms with Crippen molar-refractivity contribution in [1.29, 1.82) is 5.26 Å². The summed E-state index contributed by atoms with van der Waals surface area (Å²) in [5.74, 6) is -0.374. The van der Waals surface area contributed by atoms with Crippen molar-refractivity contribution >= 4 is 23.5 Å². The first-order valence-electron chi connectivity index (χ1n) is 10.8. The zero-order valence-corrected chi connectivity index (χ0v) is 18.2. The van der Waals surface area contributed by atoms with E-state index in [9.17, 15) is 14.0 Å². The van der Waals surface area contributed by atoms with E-state index >= 15 is 0 Å². The molecule has 2 atom stereocenters. The van der Waals surface area contributed by atoms with Crippen molar-refractivity contribution in [2.45, 2.75) is 69.3 Å². The maximum atomic E-state index is 13.6. The van der Waals surface area contributed by atoms with Gasteiger partial charge < -0.3 is 15.0 Å². The first-order chi connectivity index (χ1) is 14.8. The van der Waals surface area contributed by atoms with Gasteiger partial charge in [0.05, 0.1) is 24.6 Å². The smallest absolute Gasteiger partial charge is 0.312 e. The Bertz CT molecular complexity index is 861. The summed E-state index contributed by atoms with van der Waals surface area (Å²) in [6.45, 7) is 0.328. The molecule has 3 saturated carbocycles. The SMILES string of the molecule is N#CC1C[C@H](F)CN1C(=O)CNC12CCC(C(=O)OCc3ccc(Cl)cc3)(CC1)CC2. The number of rotatable bonds is 6. The van der Waals surface area contributed by atoms with Crippen LogP contribution in [0.2, 0.25) is 5.02 Å². The molecule has 2 bridgehead atoms. The largest absolute Gasteiger partial charge is 0.460 e. The number of nitrogens with zero attached hydrogens (tertiary/aromatic N) is 2. The number of carbonyl (C=O) groups excluding carboxylic acids is 2. The average Bonchev–Trinajstić information content (AvgIpc) is 3.19. The summed E-state index contributed by atoms with van der Waals surface area (Å²) in [5, 5.41) is 13.2. The molecule has 6 nitrogen and oxygen atoms in total. The van der Waals surface area contributed by atoms with Crippen LogP contribution < -0.4 is 5.32 Å². The third-order valence-electron chi connectivity index (χ3n) is 7.30. The van der Waals surface area contributed by atoms with Gasteiger partial charge in [-0.25, -0.2) is 4.39 Å². The third-order valence-corrected chi connectivity index (χ3v) is 7.55. The summed E-state index contributed by atoms with van der Waals surface area (Å²) < 4.78 is 19.2. The minimum absolute atomic E-state index is 0.00564. The molecule has 166 valence electrons. The second-order valence-corrected chi connectivity index (χ2v) is 9.58. The van der Waals surface area contributed by atoms with Crippen LogP contribution in [0.5, 0.6) is 0 Å². The molecule has 1 aliphatic heterocycles. The van der Waals surface area contributed by atoms with Gasteiger partial charge in [0.1, 0.15) is 18.8 Å². The molecule has 1 N–H and O–H groups in total. The van der Waals surface area contributed by atoms with Gasteiger partial charge in [-0.05, 0) is 56.2 Å². The third kappa shape index (κ3) is 4.56. The van der Waals surface area contributed by atoms with E-state index in [4.69, 9.17) is 21.6 Å². The Balaban J connectivity index is 1.28. The van der Waals surface area contributed by atoms with E-state index in [1.807, 2.05) is 18.2 Å². The van der Waals surface area contributed by atoms with Gasteiger partial charge in [-0.1, -0.05) is 23.7 Å². The molecule has 5 rings (SSSR count). The van der Waals surface area contributed by atoms with E-state index in [2.05, 4.69) is 5.32 Å². The van der Waals surface area contributed by atoms with Crippen LogP contribution in [0.3, 0.4) is 0 Å². The van der Waals surface area contributed by atoms with E-state index in [1.54, 1.807) is 12.1 Å². The summed E-state index contributed by atoms with van der Waals surface area (Å²) in [7, 11) is 0. The number of nitrogens with one attached hydrogen (secondary N) is 1. The van der Waals surface area contributed by atoms with E-state index in [0.717, 1.165) is 44.1 Å². The molecule has 8 heteroatoms. The Morgan fingerprint density at radius 2 is 1.84 bits per heavy atom. The number of ether oxygens (including phenoxy) is 1. The van der Waals surface area contributed by atoms with Gasteiger partial charge in [-0.3, -0.25) is 9.59 Å². The van der Waals surface area contributed by atoms with Gasteiger partial charge in [0.15, 0.2) is 0 Å². The van der Waals surface area contributed by atoms with Crippen LogP contribution in [0.25, 0.3) is 0 Å². The number of likely N-dealkylation sites (tertiary alicyclic amines) is 1. The highest BCUT2D eigenvalue weighted by molar-refractivity contribution is 6.30. The molecular weight excluding hydrogens is 421 g/mol. The summed E-state index contributed by atoms with van der Waals surface area (Å²) in [4.78, 5) is 26.8. The zero-order valence-electron chi connectivity index (χ0n) is 17.4. The van der Waals surface area contributed by atoms with Gasteiger partial charge >= 0.3 is 5.97 Å². The lowest BCUT2D eigenvalue weighted by Crippen LogP contribution is -2.58. The first kappa shape index (κ1) is 22.0. The number of fused-ring (bicyclic) bond motifs is 3. The van der Waals surface area contributed by atoms with Crippen LogP contribution >= 0.6 is 11.6 Å². The van der Waals surface area contributed by atoms with Gasteiger partial charge in [-0.15, -0.1) is 0 Å². The van der Waals surface area contributed by atoms with Crippen molar-refractivity contribution in [3.05, 3.63) is 34.9 Å². The molecule has 0 aromatic heterocycles. The molecule has 1 aromatic rings. The number of amides is 1. The molecule has 1 heterocycles. The van der Waals surface area contributed by atoms with E-state index in [0.29, 0.717) is 5.02 Å². The fourth-order valence-electron chi connectivity index (χ4n) is 5.19. The second kappa shape index (κ2) is 8.76. The number of nitriles is 1. The highest BCUT2D eigenvalue weighted by Crippen LogP contribution is 2.53. The van der Waals surface area contributed by atoms with Gasteiger partial charge in [0.2, 0.25) is 5.91 Å². The molecule has 4 fully saturated rings.